The van der Waals surface area contributed by atoms with Gasteiger partial charge in [-0.05, 0) is 25.7 Å². The number of hydrogen-bond acceptors (Lipinski definition) is 1. The molecule has 3 nitrogen and oxygen atoms in total. The van der Waals surface area contributed by atoms with Gasteiger partial charge in [-0.15, -0.1) is 0 Å². The number of H-pyrrole nitrogens is 1. The Morgan fingerprint density at radius 3 is 3.00 bits per heavy atom. The molecule has 0 saturated heterocycles. The minimum absolute atomic E-state index is 0.677. The fourth-order valence-corrected chi connectivity index (χ4v) is 1.43. The van der Waals surface area contributed by atoms with Crippen LogP contribution in [0.25, 0.3) is 0 Å². The number of aromatic nitrogens is 2. The Hall–Kier alpha value is -0.990. The van der Waals surface area contributed by atoms with Crippen molar-refractivity contribution in [3.05, 3.63) is 22.7 Å². The molecule has 10 heavy (non-hydrogen) atoms. The van der Waals surface area contributed by atoms with Crippen LogP contribution in [0.1, 0.15) is 24.1 Å². The zero-order valence-corrected chi connectivity index (χ0v) is 5.68. The van der Waals surface area contributed by atoms with Crippen LogP contribution in [0, 0.1) is 11.4 Å². The van der Waals surface area contributed by atoms with Crippen LogP contribution in [0.5, 0.6) is 0 Å². The lowest BCUT2D eigenvalue weighted by atomic mass is 9.99. The van der Waals surface area contributed by atoms with Crippen LogP contribution < -0.4 is 4.85 Å². The van der Waals surface area contributed by atoms with E-state index in [2.05, 4.69) is 11.3 Å². The maximum Gasteiger partial charge on any atom is 0.322 e. The van der Waals surface area contributed by atoms with Gasteiger partial charge in [0.25, 0.3) is 0 Å². The highest BCUT2D eigenvalue weighted by atomic mass is 16.5. The summed E-state index contributed by atoms with van der Waals surface area (Å²) in [6, 6.07) is 0. The average molecular weight is 137 g/mol. The first-order valence-corrected chi connectivity index (χ1v) is 3.59. The molecule has 1 aromatic heterocycles. The van der Waals surface area contributed by atoms with Gasteiger partial charge in [-0.2, -0.15) is 5.10 Å². The van der Waals surface area contributed by atoms with Gasteiger partial charge in [-0.25, -0.2) is 0 Å². The number of aromatic amines is 1. The van der Waals surface area contributed by atoms with Gasteiger partial charge in [-0.3, -0.25) is 0 Å². The highest BCUT2D eigenvalue weighted by Gasteiger charge is 2.15. The van der Waals surface area contributed by atoms with Crippen LogP contribution in [0.2, 0.25) is 0 Å². The van der Waals surface area contributed by atoms with Crippen molar-refractivity contribution in [1.82, 2.24) is 5.10 Å². The lowest BCUT2D eigenvalue weighted by Crippen LogP contribution is -2.27. The van der Waals surface area contributed by atoms with E-state index in [0.717, 1.165) is 24.1 Å². The van der Waals surface area contributed by atoms with Crippen LogP contribution in [-0.2, 0) is 12.8 Å². The van der Waals surface area contributed by atoms with E-state index in [0.29, 0.717) is 4.85 Å². The number of aryl methyl sites for hydroxylation is 2. The van der Waals surface area contributed by atoms with E-state index in [9.17, 15) is 5.21 Å². The van der Waals surface area contributed by atoms with Crippen LogP contribution >= 0.6 is 0 Å². The number of rotatable bonds is 0. The van der Waals surface area contributed by atoms with Crippen molar-refractivity contribution < 1.29 is 4.85 Å². The number of hydrogen-bond donors (Lipinski definition) is 1. The van der Waals surface area contributed by atoms with E-state index >= 15 is 0 Å². The van der Waals surface area contributed by atoms with Crippen molar-refractivity contribution in [3.8, 4) is 0 Å². The van der Waals surface area contributed by atoms with Crippen LogP contribution in [-0.4, -0.2) is 5.10 Å². The first-order chi connectivity index (χ1) is 4.86. The zero-order valence-electron chi connectivity index (χ0n) is 5.68. The molecule has 1 heterocycles. The second-order valence-electron chi connectivity index (χ2n) is 2.68. The summed E-state index contributed by atoms with van der Waals surface area (Å²) < 4.78 is 0. The standard InChI is InChI=1S/C7H9N2O/c10-9-5-6-3-1-2-4-7(6)8-9/h8H,1-4H2. The second-order valence-corrected chi connectivity index (χ2v) is 2.68. The van der Waals surface area contributed by atoms with E-state index in [4.69, 9.17) is 0 Å². The fourth-order valence-electron chi connectivity index (χ4n) is 1.43. The van der Waals surface area contributed by atoms with Gasteiger partial charge >= 0.3 is 6.20 Å². The summed E-state index contributed by atoms with van der Waals surface area (Å²) in [5.41, 5.74) is 2.17. The summed E-state index contributed by atoms with van der Waals surface area (Å²) in [6.07, 6.45) is 7.12. The van der Waals surface area contributed by atoms with Crippen molar-refractivity contribution in [2.75, 3.05) is 0 Å². The molecule has 0 aromatic carbocycles. The van der Waals surface area contributed by atoms with E-state index in [1.807, 2.05) is 0 Å². The van der Waals surface area contributed by atoms with Gasteiger partial charge in [0.05, 0.1) is 11.3 Å². The molecule has 1 radical (unpaired) electrons. The molecule has 0 spiro atoms. The molecule has 53 valence electrons. The summed E-state index contributed by atoms with van der Waals surface area (Å²) >= 11 is 0. The van der Waals surface area contributed by atoms with Gasteiger partial charge in [-0.1, -0.05) is 4.85 Å². The third-order valence-electron chi connectivity index (χ3n) is 1.94. The van der Waals surface area contributed by atoms with Gasteiger partial charge in [0, 0.05) is 0 Å². The topological polar surface area (TPSA) is 42.7 Å². The van der Waals surface area contributed by atoms with Crippen LogP contribution in [0.15, 0.2) is 0 Å². The molecule has 0 aliphatic heterocycles. The van der Waals surface area contributed by atoms with Crippen molar-refractivity contribution in [2.24, 2.45) is 0 Å². The van der Waals surface area contributed by atoms with Crippen LogP contribution in [0.3, 0.4) is 0 Å². The summed E-state index contributed by atoms with van der Waals surface area (Å²) in [5.74, 6) is 0. The van der Waals surface area contributed by atoms with Gasteiger partial charge in [0.1, 0.15) is 0 Å². The van der Waals surface area contributed by atoms with Gasteiger partial charge < -0.3 is 5.21 Å². The molecule has 0 atom stereocenters. The molecular formula is C7H9N2O. The molecule has 1 aliphatic carbocycles. The van der Waals surface area contributed by atoms with E-state index in [1.54, 1.807) is 0 Å². The van der Waals surface area contributed by atoms with Crippen LogP contribution in [0.4, 0.5) is 0 Å². The van der Waals surface area contributed by atoms with Crippen molar-refractivity contribution in [1.29, 1.82) is 0 Å². The quantitative estimate of drug-likeness (QED) is 0.406. The largest absolute Gasteiger partial charge is 0.595 e. The smallest absolute Gasteiger partial charge is 0.322 e. The Labute approximate surface area is 59.2 Å². The predicted molar refractivity (Wildman–Crippen MR) is 35.2 cm³/mol. The Morgan fingerprint density at radius 1 is 1.40 bits per heavy atom. The van der Waals surface area contributed by atoms with E-state index in [-0.39, 0.29) is 0 Å². The van der Waals surface area contributed by atoms with Crippen molar-refractivity contribution in [2.45, 2.75) is 25.7 Å². The zero-order chi connectivity index (χ0) is 6.97. The molecule has 0 saturated carbocycles. The Bertz CT molecular complexity index is 218. The highest BCUT2D eigenvalue weighted by molar-refractivity contribution is 5.15. The molecule has 1 N–H and O–H groups in total. The fraction of sp³-hybridized carbons (Fsp3) is 0.571. The molecule has 1 aromatic rings. The molecule has 0 amide bonds. The Morgan fingerprint density at radius 2 is 2.20 bits per heavy atom. The van der Waals surface area contributed by atoms with E-state index in [1.165, 1.54) is 12.8 Å². The minimum atomic E-state index is 0.677. The predicted octanol–water partition coefficient (Wildman–Crippen LogP) is 0.327. The van der Waals surface area contributed by atoms with Crippen molar-refractivity contribution >= 4 is 0 Å². The number of nitrogens with zero attached hydrogens (tertiary/aromatic N) is 1. The van der Waals surface area contributed by atoms with E-state index < -0.39 is 0 Å². The molecule has 1 aliphatic rings. The van der Waals surface area contributed by atoms with Gasteiger partial charge in [0.2, 0.25) is 0 Å². The number of nitrogens with one attached hydrogen (secondary N) is 1. The summed E-state index contributed by atoms with van der Waals surface area (Å²) in [4.78, 5) is 0.677. The Kier molecular flexibility index (Phi) is 1.16. The molecule has 0 unspecified atom stereocenters. The first kappa shape index (κ1) is 5.77. The monoisotopic (exact) mass is 137 g/mol. The maximum atomic E-state index is 10.7. The lowest BCUT2D eigenvalue weighted by molar-refractivity contribution is -0.669. The normalized spacial score (nSPS) is 16.8. The van der Waals surface area contributed by atoms with Gasteiger partial charge in [0.15, 0.2) is 0 Å². The second kappa shape index (κ2) is 2.01. The maximum absolute atomic E-state index is 10.7. The third kappa shape index (κ3) is 0.781. The SMILES string of the molecule is [O-][n+]1[c]c2c([nH]1)CCCC2. The lowest BCUT2D eigenvalue weighted by Gasteiger charge is -2.04. The summed E-state index contributed by atoms with van der Waals surface area (Å²) in [5, 5.41) is 13.4. The third-order valence-corrected chi connectivity index (χ3v) is 1.94. The summed E-state index contributed by atoms with van der Waals surface area (Å²) in [7, 11) is 0. The summed E-state index contributed by atoms with van der Waals surface area (Å²) in [6.45, 7) is 0. The molecule has 0 fully saturated rings. The Balaban J connectivity index is 2.41. The minimum Gasteiger partial charge on any atom is -0.595 e. The highest BCUT2D eigenvalue weighted by Crippen LogP contribution is 2.16. The molecular weight excluding hydrogens is 128 g/mol. The first-order valence-electron chi connectivity index (χ1n) is 3.59. The van der Waals surface area contributed by atoms with Crippen molar-refractivity contribution in [3.63, 3.8) is 0 Å². The molecule has 2 rings (SSSR count). The molecule has 3 heteroatoms. The molecule has 0 bridgehead atoms. The average Bonchev–Trinajstić information content (AvgIpc) is 2.27. The number of fused-ring (bicyclic) bond motifs is 1.